The molecule has 1 unspecified atom stereocenters. The second-order valence-corrected chi connectivity index (χ2v) is 9.75. The maximum Gasteiger partial charge on any atom is 0.243 e. The number of nitrogens with one attached hydrogen (secondary N) is 1. The zero-order valence-corrected chi connectivity index (χ0v) is 20.8. The van der Waals surface area contributed by atoms with Crippen molar-refractivity contribution >= 4 is 23.6 Å². The second kappa shape index (κ2) is 12.7. The summed E-state index contributed by atoms with van der Waals surface area (Å²) in [4.78, 5) is 28.3. The van der Waals surface area contributed by atoms with Gasteiger partial charge in [-0.2, -0.15) is 0 Å². The monoisotopic (exact) mass is 468 g/mol. The van der Waals surface area contributed by atoms with Crippen LogP contribution >= 0.6 is 11.8 Å². The number of hydrogen-bond donors (Lipinski definition) is 1. The molecule has 0 aliphatic heterocycles. The molecule has 2 aromatic carbocycles. The summed E-state index contributed by atoms with van der Waals surface area (Å²) in [6.45, 7) is 4.48. The van der Waals surface area contributed by atoms with Gasteiger partial charge in [-0.3, -0.25) is 9.59 Å². The summed E-state index contributed by atoms with van der Waals surface area (Å²) in [5.74, 6) is 1.88. The zero-order valence-electron chi connectivity index (χ0n) is 20.0. The average molecular weight is 469 g/mol. The molecule has 178 valence electrons. The largest absolute Gasteiger partial charge is 0.497 e. The first-order valence-corrected chi connectivity index (χ1v) is 13.0. The molecule has 1 fully saturated rings. The molecule has 1 aliphatic rings. The maximum absolute atomic E-state index is 13.4. The van der Waals surface area contributed by atoms with Crippen LogP contribution in [0.4, 0.5) is 0 Å². The molecule has 2 aromatic rings. The van der Waals surface area contributed by atoms with E-state index >= 15 is 0 Å². The Hall–Kier alpha value is -2.47. The Balaban J connectivity index is 1.67. The van der Waals surface area contributed by atoms with Crippen molar-refractivity contribution in [2.75, 3.05) is 12.9 Å². The normalized spacial score (nSPS) is 14.6. The molecule has 1 saturated carbocycles. The molecular formula is C27H36N2O3S. The van der Waals surface area contributed by atoms with Crippen LogP contribution in [0.15, 0.2) is 48.5 Å². The molecule has 0 spiro atoms. The van der Waals surface area contributed by atoms with E-state index in [0.29, 0.717) is 18.7 Å². The van der Waals surface area contributed by atoms with Crippen molar-refractivity contribution in [3.8, 4) is 5.75 Å². The lowest BCUT2D eigenvalue weighted by atomic mass is 10.1. The van der Waals surface area contributed by atoms with Crippen molar-refractivity contribution in [1.29, 1.82) is 0 Å². The maximum atomic E-state index is 13.4. The topological polar surface area (TPSA) is 58.6 Å². The van der Waals surface area contributed by atoms with Crippen LogP contribution in [0.5, 0.6) is 5.75 Å². The highest BCUT2D eigenvalue weighted by molar-refractivity contribution is 7.99. The highest BCUT2D eigenvalue weighted by atomic mass is 32.2. The number of carbonyl (C=O) groups is 2. The van der Waals surface area contributed by atoms with Gasteiger partial charge in [-0.25, -0.2) is 0 Å². The number of rotatable bonds is 11. The lowest BCUT2D eigenvalue weighted by molar-refractivity contribution is -0.139. The number of ether oxygens (including phenoxy) is 1. The second-order valence-electron chi connectivity index (χ2n) is 8.76. The van der Waals surface area contributed by atoms with Crippen molar-refractivity contribution in [2.45, 2.75) is 70.3 Å². The molecule has 1 N–H and O–H groups in total. The number of methoxy groups -OCH3 is 1. The van der Waals surface area contributed by atoms with Crippen molar-refractivity contribution < 1.29 is 14.3 Å². The lowest BCUT2D eigenvalue weighted by Crippen LogP contribution is -2.51. The van der Waals surface area contributed by atoms with E-state index in [1.807, 2.05) is 50.2 Å². The Morgan fingerprint density at radius 1 is 1.06 bits per heavy atom. The summed E-state index contributed by atoms with van der Waals surface area (Å²) in [6.07, 6.45) is 4.99. The first kappa shape index (κ1) is 25.2. The minimum absolute atomic E-state index is 0.00232. The molecule has 0 bridgehead atoms. The Labute approximate surface area is 202 Å². The molecule has 0 radical (unpaired) electrons. The zero-order chi connectivity index (χ0) is 23.6. The van der Waals surface area contributed by atoms with Crippen LogP contribution in [0.3, 0.4) is 0 Å². The number of benzene rings is 2. The predicted molar refractivity (Wildman–Crippen MR) is 135 cm³/mol. The van der Waals surface area contributed by atoms with E-state index in [1.165, 1.54) is 5.56 Å². The van der Waals surface area contributed by atoms with Gasteiger partial charge in [0, 0.05) is 18.3 Å². The minimum Gasteiger partial charge on any atom is -0.497 e. The Morgan fingerprint density at radius 3 is 2.30 bits per heavy atom. The molecule has 5 nitrogen and oxygen atoms in total. The van der Waals surface area contributed by atoms with Crippen LogP contribution in [-0.4, -0.2) is 41.7 Å². The summed E-state index contributed by atoms with van der Waals surface area (Å²) in [5, 5.41) is 3.20. The smallest absolute Gasteiger partial charge is 0.243 e. The van der Waals surface area contributed by atoms with Gasteiger partial charge in [-0.1, -0.05) is 61.7 Å². The van der Waals surface area contributed by atoms with Crippen LogP contribution in [-0.2, 0) is 21.9 Å². The molecule has 1 atom stereocenters. The van der Waals surface area contributed by atoms with Gasteiger partial charge >= 0.3 is 0 Å². The SMILES string of the molecule is CCC(C(=O)NC1CCCC1)N(Cc1ccc(C)cc1)C(=O)CSCc1ccc(OC)cc1. The fourth-order valence-electron chi connectivity index (χ4n) is 4.24. The van der Waals surface area contributed by atoms with Crippen LogP contribution in [0.1, 0.15) is 55.7 Å². The van der Waals surface area contributed by atoms with E-state index in [-0.39, 0.29) is 17.9 Å². The highest BCUT2D eigenvalue weighted by Gasteiger charge is 2.30. The Morgan fingerprint density at radius 2 is 1.70 bits per heavy atom. The average Bonchev–Trinajstić information content (AvgIpc) is 3.33. The number of nitrogens with zero attached hydrogens (tertiary/aromatic N) is 1. The minimum atomic E-state index is -0.457. The molecule has 2 amide bonds. The molecule has 1 aliphatic carbocycles. The third kappa shape index (κ3) is 7.53. The number of hydrogen-bond acceptors (Lipinski definition) is 4. The summed E-state index contributed by atoms with van der Waals surface area (Å²) in [5.41, 5.74) is 3.36. The number of carbonyl (C=O) groups excluding carboxylic acids is 2. The number of amides is 2. The first-order valence-electron chi connectivity index (χ1n) is 11.9. The van der Waals surface area contributed by atoms with Gasteiger partial charge in [-0.05, 0) is 49.4 Å². The number of thioether (sulfide) groups is 1. The number of aryl methyl sites for hydroxylation is 1. The summed E-state index contributed by atoms with van der Waals surface area (Å²) in [6, 6.07) is 15.9. The predicted octanol–water partition coefficient (Wildman–Crippen LogP) is 5.10. The van der Waals surface area contributed by atoms with E-state index < -0.39 is 6.04 Å². The van der Waals surface area contributed by atoms with Crippen LogP contribution in [0.2, 0.25) is 0 Å². The van der Waals surface area contributed by atoms with Gasteiger partial charge in [0.2, 0.25) is 11.8 Å². The summed E-state index contributed by atoms with van der Waals surface area (Å²) >= 11 is 1.58. The highest BCUT2D eigenvalue weighted by Crippen LogP contribution is 2.21. The van der Waals surface area contributed by atoms with E-state index in [0.717, 1.165) is 48.3 Å². The van der Waals surface area contributed by atoms with Gasteiger partial charge in [-0.15, -0.1) is 11.8 Å². The van der Waals surface area contributed by atoms with Crippen LogP contribution in [0, 0.1) is 6.92 Å². The van der Waals surface area contributed by atoms with Crippen LogP contribution in [0.25, 0.3) is 0 Å². The van der Waals surface area contributed by atoms with Crippen molar-refractivity contribution in [3.63, 3.8) is 0 Å². The molecular weight excluding hydrogens is 432 g/mol. The van der Waals surface area contributed by atoms with E-state index in [2.05, 4.69) is 17.4 Å². The molecule has 33 heavy (non-hydrogen) atoms. The van der Waals surface area contributed by atoms with E-state index in [4.69, 9.17) is 4.74 Å². The quantitative estimate of drug-likeness (QED) is 0.498. The van der Waals surface area contributed by atoms with Crippen molar-refractivity contribution in [2.24, 2.45) is 0 Å². The van der Waals surface area contributed by atoms with E-state index in [9.17, 15) is 9.59 Å². The van der Waals surface area contributed by atoms with Gasteiger partial charge < -0.3 is 15.0 Å². The first-order chi connectivity index (χ1) is 16.0. The summed E-state index contributed by atoms with van der Waals surface area (Å²) in [7, 11) is 1.65. The molecule has 0 saturated heterocycles. The van der Waals surface area contributed by atoms with Crippen molar-refractivity contribution in [1.82, 2.24) is 10.2 Å². The Bertz CT molecular complexity index is 893. The van der Waals surface area contributed by atoms with E-state index in [1.54, 1.807) is 23.8 Å². The van der Waals surface area contributed by atoms with Gasteiger partial charge in [0.15, 0.2) is 0 Å². The molecule has 6 heteroatoms. The third-order valence-electron chi connectivity index (χ3n) is 6.21. The van der Waals surface area contributed by atoms with Crippen LogP contribution < -0.4 is 10.1 Å². The fraction of sp³-hybridized carbons (Fsp3) is 0.481. The molecule has 0 aromatic heterocycles. The third-order valence-corrected chi connectivity index (χ3v) is 7.20. The molecule has 3 rings (SSSR count). The standard InChI is InChI=1S/C27H36N2O3S/c1-4-25(27(31)28-23-7-5-6-8-23)29(17-21-11-9-20(2)10-12-21)26(30)19-33-18-22-13-15-24(32-3)16-14-22/h9-16,23,25H,4-8,17-19H2,1-3H3,(H,28,31). The van der Waals surface area contributed by atoms with Crippen molar-refractivity contribution in [3.05, 3.63) is 65.2 Å². The fourth-order valence-corrected chi connectivity index (χ4v) is 5.11. The molecule has 0 heterocycles. The lowest BCUT2D eigenvalue weighted by Gasteiger charge is -2.31. The van der Waals surface area contributed by atoms with Gasteiger partial charge in [0.1, 0.15) is 11.8 Å². The summed E-state index contributed by atoms with van der Waals surface area (Å²) < 4.78 is 5.21. The van der Waals surface area contributed by atoms with Gasteiger partial charge in [0.25, 0.3) is 0 Å². The Kier molecular flexibility index (Phi) is 9.67. The van der Waals surface area contributed by atoms with Gasteiger partial charge in [0.05, 0.1) is 12.9 Å².